The van der Waals surface area contributed by atoms with Crippen molar-refractivity contribution in [3.63, 3.8) is 0 Å². The molecule has 1 aromatic rings. The molecular formula is C24H35ClN2O6. The molecule has 0 N–H and O–H groups in total. The molecule has 184 valence electrons. The molecule has 2 amide bonds. The van der Waals surface area contributed by atoms with Crippen LogP contribution in [0.2, 0.25) is 5.02 Å². The molecule has 1 unspecified atom stereocenters. The van der Waals surface area contributed by atoms with E-state index in [0.29, 0.717) is 55.7 Å². The number of carbonyl (C=O) groups excluding carboxylic acids is 3. The van der Waals surface area contributed by atoms with E-state index in [1.54, 1.807) is 24.9 Å². The lowest BCUT2D eigenvalue weighted by Crippen LogP contribution is -2.47. The fourth-order valence-corrected chi connectivity index (χ4v) is 3.90. The maximum atomic E-state index is 13.0. The van der Waals surface area contributed by atoms with Crippen LogP contribution in [0.1, 0.15) is 50.4 Å². The van der Waals surface area contributed by atoms with Crippen LogP contribution >= 0.6 is 11.6 Å². The van der Waals surface area contributed by atoms with Crippen LogP contribution < -0.4 is 9.47 Å². The number of halogens is 1. The third-order valence-electron chi connectivity index (χ3n) is 5.53. The van der Waals surface area contributed by atoms with Crippen LogP contribution in [0.4, 0.5) is 0 Å². The number of esters is 1. The minimum absolute atomic E-state index is 0.110. The maximum Gasteiger partial charge on any atom is 0.310 e. The normalized spacial score (nSPS) is 15.8. The lowest BCUT2D eigenvalue weighted by molar-refractivity contribution is -0.151. The summed E-state index contributed by atoms with van der Waals surface area (Å²) in [6.07, 6.45) is 2.28. The first-order valence-electron chi connectivity index (χ1n) is 11.4. The van der Waals surface area contributed by atoms with E-state index in [2.05, 4.69) is 13.8 Å². The van der Waals surface area contributed by atoms with Crippen LogP contribution in [0.25, 0.3) is 0 Å². The van der Waals surface area contributed by atoms with Gasteiger partial charge in [-0.15, -0.1) is 0 Å². The van der Waals surface area contributed by atoms with Gasteiger partial charge in [0.15, 0.2) is 11.5 Å². The summed E-state index contributed by atoms with van der Waals surface area (Å²) in [5, 5.41) is 0.273. The van der Waals surface area contributed by atoms with Crippen molar-refractivity contribution in [1.82, 2.24) is 9.80 Å². The number of amides is 2. The molecule has 33 heavy (non-hydrogen) atoms. The number of rotatable bonds is 10. The van der Waals surface area contributed by atoms with Gasteiger partial charge >= 0.3 is 5.97 Å². The van der Waals surface area contributed by atoms with Crippen LogP contribution in [0.15, 0.2) is 12.1 Å². The molecule has 0 spiro atoms. The van der Waals surface area contributed by atoms with Gasteiger partial charge in [0.05, 0.1) is 37.8 Å². The molecule has 1 saturated heterocycles. The molecule has 8 nitrogen and oxygen atoms in total. The zero-order valence-corrected chi connectivity index (χ0v) is 20.9. The Morgan fingerprint density at radius 3 is 2.64 bits per heavy atom. The van der Waals surface area contributed by atoms with Crippen molar-refractivity contribution in [3.8, 4) is 11.5 Å². The van der Waals surface area contributed by atoms with Gasteiger partial charge in [-0.3, -0.25) is 14.4 Å². The van der Waals surface area contributed by atoms with E-state index in [9.17, 15) is 14.4 Å². The van der Waals surface area contributed by atoms with Crippen LogP contribution in [-0.2, 0) is 14.3 Å². The summed E-state index contributed by atoms with van der Waals surface area (Å²) < 4.78 is 16.2. The average molecular weight is 483 g/mol. The van der Waals surface area contributed by atoms with Gasteiger partial charge in [-0.1, -0.05) is 25.4 Å². The highest BCUT2D eigenvalue weighted by atomic mass is 35.5. The standard InChI is InChI=1S/C24H35ClN2O6/c1-6-32-24(30)17-8-7-10-27(14-17)21(28)15-26(4)23(29)18-12-19(25)22(20(13-18)31-5)33-11-9-16(2)3/h12-13,16-17H,6-11,14-15H2,1-5H3. The van der Waals surface area contributed by atoms with Crippen LogP contribution in [0.3, 0.4) is 0 Å². The molecule has 0 aliphatic carbocycles. The van der Waals surface area contributed by atoms with E-state index in [-0.39, 0.29) is 35.3 Å². The Labute approximate surface area is 201 Å². The Hall–Kier alpha value is -2.48. The van der Waals surface area contributed by atoms with Gasteiger partial charge < -0.3 is 24.0 Å². The molecule has 0 bridgehead atoms. The van der Waals surface area contributed by atoms with Crippen LogP contribution in [-0.4, -0.2) is 74.6 Å². The largest absolute Gasteiger partial charge is 0.493 e. The molecule has 0 aromatic heterocycles. The molecule has 0 radical (unpaired) electrons. The summed E-state index contributed by atoms with van der Waals surface area (Å²) >= 11 is 6.38. The van der Waals surface area contributed by atoms with Crippen LogP contribution in [0, 0.1) is 11.8 Å². The smallest absolute Gasteiger partial charge is 0.310 e. The lowest BCUT2D eigenvalue weighted by atomic mass is 9.98. The first kappa shape index (κ1) is 26.8. The minimum atomic E-state index is -0.365. The second-order valence-corrected chi connectivity index (χ2v) is 9.02. The first-order valence-corrected chi connectivity index (χ1v) is 11.8. The van der Waals surface area contributed by atoms with Gasteiger partial charge in [-0.2, -0.15) is 0 Å². The molecule has 1 fully saturated rings. The third-order valence-corrected chi connectivity index (χ3v) is 5.81. The first-order chi connectivity index (χ1) is 15.7. The SMILES string of the molecule is CCOC(=O)C1CCCN(C(=O)CN(C)C(=O)c2cc(Cl)c(OCCC(C)C)c(OC)c2)C1. The van der Waals surface area contributed by atoms with Crippen molar-refractivity contribution in [2.45, 2.75) is 40.0 Å². The average Bonchev–Trinajstić information content (AvgIpc) is 2.79. The number of ether oxygens (including phenoxy) is 3. The summed E-state index contributed by atoms with van der Waals surface area (Å²) in [6, 6.07) is 3.09. The number of likely N-dealkylation sites (tertiary alicyclic amines) is 1. The molecule has 1 atom stereocenters. The summed E-state index contributed by atoms with van der Waals surface area (Å²) in [4.78, 5) is 40.8. The van der Waals surface area contributed by atoms with E-state index in [1.807, 2.05) is 0 Å². The molecule has 1 heterocycles. The fourth-order valence-electron chi connectivity index (χ4n) is 3.63. The predicted molar refractivity (Wildman–Crippen MR) is 126 cm³/mol. The zero-order valence-electron chi connectivity index (χ0n) is 20.2. The van der Waals surface area contributed by atoms with E-state index in [0.717, 1.165) is 12.8 Å². The van der Waals surface area contributed by atoms with Crippen molar-refractivity contribution in [2.75, 3.05) is 47.0 Å². The van der Waals surface area contributed by atoms with Crippen molar-refractivity contribution < 1.29 is 28.6 Å². The number of piperidine rings is 1. The predicted octanol–water partition coefficient (Wildman–Crippen LogP) is 3.65. The Kier molecular flexibility index (Phi) is 10.3. The van der Waals surface area contributed by atoms with Gasteiger partial charge in [0.25, 0.3) is 5.91 Å². The van der Waals surface area contributed by atoms with E-state index < -0.39 is 0 Å². The second kappa shape index (κ2) is 12.7. The number of likely N-dealkylation sites (N-methyl/N-ethyl adjacent to an activating group) is 1. The highest BCUT2D eigenvalue weighted by Gasteiger charge is 2.30. The molecular weight excluding hydrogens is 448 g/mol. The Balaban J connectivity index is 2.04. The van der Waals surface area contributed by atoms with Crippen molar-refractivity contribution >= 4 is 29.4 Å². The van der Waals surface area contributed by atoms with E-state index >= 15 is 0 Å². The van der Waals surface area contributed by atoms with E-state index in [4.69, 9.17) is 25.8 Å². The highest BCUT2D eigenvalue weighted by Crippen LogP contribution is 2.37. The Morgan fingerprint density at radius 2 is 2.00 bits per heavy atom. The number of methoxy groups -OCH3 is 1. The van der Waals surface area contributed by atoms with Crippen molar-refractivity contribution in [1.29, 1.82) is 0 Å². The summed E-state index contributed by atoms with van der Waals surface area (Å²) in [7, 11) is 3.04. The van der Waals surface area contributed by atoms with Crippen molar-refractivity contribution in [2.24, 2.45) is 11.8 Å². The fraction of sp³-hybridized carbons (Fsp3) is 0.625. The van der Waals surface area contributed by atoms with Gasteiger partial charge in [-0.05, 0) is 44.2 Å². The lowest BCUT2D eigenvalue weighted by Gasteiger charge is -2.32. The minimum Gasteiger partial charge on any atom is -0.493 e. The number of hydrogen-bond acceptors (Lipinski definition) is 6. The highest BCUT2D eigenvalue weighted by molar-refractivity contribution is 6.32. The van der Waals surface area contributed by atoms with Gasteiger partial charge in [0.1, 0.15) is 0 Å². The van der Waals surface area contributed by atoms with E-state index in [1.165, 1.54) is 18.1 Å². The maximum absolute atomic E-state index is 13.0. The number of carbonyl (C=O) groups is 3. The number of benzene rings is 1. The van der Waals surface area contributed by atoms with Gasteiger partial charge in [-0.25, -0.2) is 0 Å². The topological polar surface area (TPSA) is 85.4 Å². The Morgan fingerprint density at radius 1 is 1.27 bits per heavy atom. The van der Waals surface area contributed by atoms with Gasteiger partial charge in [0.2, 0.25) is 5.91 Å². The molecule has 1 aliphatic heterocycles. The summed E-state index contributed by atoms with van der Waals surface area (Å²) in [5.41, 5.74) is 0.298. The molecule has 1 aliphatic rings. The molecule has 1 aromatic carbocycles. The molecule has 0 saturated carbocycles. The number of nitrogens with zero attached hydrogens (tertiary/aromatic N) is 2. The third kappa shape index (κ3) is 7.52. The monoisotopic (exact) mass is 482 g/mol. The summed E-state index contributed by atoms with van der Waals surface area (Å²) in [5.74, 6) is 0.0555. The summed E-state index contributed by atoms with van der Waals surface area (Å²) in [6.45, 7) is 7.51. The molecule has 9 heteroatoms. The van der Waals surface area contributed by atoms with Gasteiger partial charge in [0, 0.05) is 25.7 Å². The zero-order chi connectivity index (χ0) is 24.5. The quantitative estimate of drug-likeness (QED) is 0.473. The van der Waals surface area contributed by atoms with Crippen molar-refractivity contribution in [3.05, 3.63) is 22.7 Å². The second-order valence-electron chi connectivity index (χ2n) is 8.61. The molecule has 2 rings (SSSR count). The Bertz CT molecular complexity index is 844. The van der Waals surface area contributed by atoms with Crippen LogP contribution in [0.5, 0.6) is 11.5 Å². The number of hydrogen-bond donors (Lipinski definition) is 0.